The maximum atomic E-state index is 11.9. The van der Waals surface area contributed by atoms with Gasteiger partial charge in [0.05, 0.1) is 6.10 Å². The molecule has 1 amide bonds. The molecule has 3 N–H and O–H groups in total. The fraction of sp³-hybridized carbons (Fsp3) is 0.227. The maximum absolute atomic E-state index is 11.9. The highest BCUT2D eigenvalue weighted by atomic mass is 16.5. The molecule has 5 heteroatoms. The van der Waals surface area contributed by atoms with Crippen LogP contribution in [0, 0.1) is 0 Å². The molecule has 142 valence electrons. The lowest BCUT2D eigenvalue weighted by atomic mass is 10.1. The van der Waals surface area contributed by atoms with E-state index in [9.17, 15) is 15.0 Å². The summed E-state index contributed by atoms with van der Waals surface area (Å²) < 4.78 is 5.46. The zero-order valence-electron chi connectivity index (χ0n) is 15.3. The van der Waals surface area contributed by atoms with E-state index in [2.05, 4.69) is 11.9 Å². The summed E-state index contributed by atoms with van der Waals surface area (Å²) in [7, 11) is 0. The highest BCUT2D eigenvalue weighted by Crippen LogP contribution is 2.18. The molecule has 0 spiro atoms. The van der Waals surface area contributed by atoms with Crippen molar-refractivity contribution in [1.82, 2.24) is 5.32 Å². The summed E-state index contributed by atoms with van der Waals surface area (Å²) in [6.07, 6.45) is 1.61. The van der Waals surface area contributed by atoms with E-state index in [1.807, 2.05) is 30.3 Å². The molecular weight excluding hydrogens is 342 g/mol. The Morgan fingerprint density at radius 3 is 2.44 bits per heavy atom. The van der Waals surface area contributed by atoms with Gasteiger partial charge in [-0.3, -0.25) is 4.79 Å². The van der Waals surface area contributed by atoms with Gasteiger partial charge < -0.3 is 20.3 Å². The van der Waals surface area contributed by atoms with E-state index >= 15 is 0 Å². The van der Waals surface area contributed by atoms with Crippen LogP contribution in [0.4, 0.5) is 0 Å². The molecule has 2 unspecified atom stereocenters. The first-order chi connectivity index (χ1) is 13.0. The molecular formula is C22H25NO4. The maximum Gasteiger partial charge on any atom is 0.244 e. The van der Waals surface area contributed by atoms with Crippen molar-refractivity contribution >= 4 is 12.0 Å². The minimum absolute atomic E-state index is 0.104. The predicted octanol–water partition coefficient (Wildman–Crippen LogP) is 2.87. The van der Waals surface area contributed by atoms with Crippen molar-refractivity contribution in [3.8, 4) is 5.75 Å². The van der Waals surface area contributed by atoms with E-state index in [0.717, 1.165) is 5.56 Å². The van der Waals surface area contributed by atoms with Gasteiger partial charge in [0, 0.05) is 12.6 Å². The van der Waals surface area contributed by atoms with Crippen LogP contribution in [-0.2, 0) is 4.79 Å². The van der Waals surface area contributed by atoms with Crippen molar-refractivity contribution in [2.24, 2.45) is 0 Å². The summed E-state index contributed by atoms with van der Waals surface area (Å²) in [6.45, 7) is 5.63. The fourth-order valence-electron chi connectivity index (χ4n) is 2.21. The summed E-state index contributed by atoms with van der Waals surface area (Å²) in [5.41, 5.74) is 2.23. The van der Waals surface area contributed by atoms with E-state index in [4.69, 9.17) is 4.74 Å². The summed E-state index contributed by atoms with van der Waals surface area (Å²) in [6, 6.07) is 16.4. The second kappa shape index (κ2) is 10.3. The Kier molecular flexibility index (Phi) is 7.79. The third kappa shape index (κ3) is 7.09. The summed E-state index contributed by atoms with van der Waals surface area (Å²) >= 11 is 0. The molecule has 2 aromatic rings. The average Bonchev–Trinajstić information content (AvgIpc) is 2.69. The third-order valence-electron chi connectivity index (χ3n) is 3.94. The van der Waals surface area contributed by atoms with E-state index < -0.39 is 12.2 Å². The van der Waals surface area contributed by atoms with Gasteiger partial charge in [-0.2, -0.15) is 0 Å². The van der Waals surface area contributed by atoms with Crippen LogP contribution in [0.5, 0.6) is 5.75 Å². The monoisotopic (exact) mass is 367 g/mol. The molecule has 0 heterocycles. The van der Waals surface area contributed by atoms with Gasteiger partial charge in [-0.05, 0) is 41.8 Å². The van der Waals surface area contributed by atoms with E-state index in [0.29, 0.717) is 16.9 Å². The molecule has 27 heavy (non-hydrogen) atoms. The zero-order chi connectivity index (χ0) is 19.6. The van der Waals surface area contributed by atoms with Crippen molar-refractivity contribution in [2.45, 2.75) is 19.1 Å². The van der Waals surface area contributed by atoms with Gasteiger partial charge in [-0.15, -0.1) is 0 Å². The average molecular weight is 367 g/mol. The Morgan fingerprint density at radius 1 is 1.15 bits per heavy atom. The van der Waals surface area contributed by atoms with Gasteiger partial charge in [0.25, 0.3) is 0 Å². The number of hydrogen-bond acceptors (Lipinski definition) is 4. The van der Waals surface area contributed by atoms with Crippen molar-refractivity contribution in [3.05, 3.63) is 84.0 Å². The number of ether oxygens (including phenoxy) is 1. The van der Waals surface area contributed by atoms with Gasteiger partial charge in [0.2, 0.25) is 5.91 Å². The minimum atomic E-state index is -0.825. The minimum Gasteiger partial charge on any atom is -0.491 e. The van der Waals surface area contributed by atoms with Crippen LogP contribution >= 0.6 is 0 Å². The lowest BCUT2D eigenvalue weighted by Gasteiger charge is -2.14. The van der Waals surface area contributed by atoms with Gasteiger partial charge in [-0.1, -0.05) is 49.0 Å². The molecule has 2 atom stereocenters. The molecule has 0 bridgehead atoms. The lowest BCUT2D eigenvalue weighted by Crippen LogP contribution is -2.26. The van der Waals surface area contributed by atoms with Gasteiger partial charge in [-0.25, -0.2) is 0 Å². The molecule has 0 aliphatic carbocycles. The van der Waals surface area contributed by atoms with Crippen molar-refractivity contribution in [1.29, 1.82) is 0 Å². The van der Waals surface area contributed by atoms with Crippen LogP contribution in [-0.4, -0.2) is 35.4 Å². The molecule has 2 rings (SSSR count). The molecule has 0 saturated carbocycles. The molecule has 0 fully saturated rings. The standard InChI is InChI=1S/C22H25NO4/c1-16(2)21(25)15-27-19-11-9-18(10-12-19)20(24)14-23-22(26)13-8-17-6-4-3-5-7-17/h3-13,20-21,24-25H,1,14-15H2,2H3,(H,23,26). The quantitative estimate of drug-likeness (QED) is 0.470. The summed E-state index contributed by atoms with van der Waals surface area (Å²) in [5, 5.41) is 22.5. The zero-order valence-corrected chi connectivity index (χ0v) is 15.3. The van der Waals surface area contributed by atoms with E-state index in [1.165, 1.54) is 6.08 Å². The molecule has 0 saturated heterocycles. The molecule has 5 nitrogen and oxygen atoms in total. The first kappa shape index (κ1) is 20.4. The SMILES string of the molecule is C=C(C)C(O)COc1ccc(C(O)CNC(=O)C=Cc2ccccc2)cc1. The Bertz CT molecular complexity index is 769. The van der Waals surface area contributed by atoms with Gasteiger partial charge in [0.15, 0.2) is 0 Å². The number of carbonyl (C=O) groups is 1. The fourth-order valence-corrected chi connectivity index (χ4v) is 2.21. The van der Waals surface area contributed by atoms with Crippen LogP contribution in [0.3, 0.4) is 0 Å². The van der Waals surface area contributed by atoms with Crippen molar-refractivity contribution < 1.29 is 19.7 Å². The molecule has 0 radical (unpaired) electrons. The first-order valence-electron chi connectivity index (χ1n) is 8.71. The van der Waals surface area contributed by atoms with E-state index in [-0.39, 0.29) is 19.1 Å². The molecule has 0 aliphatic heterocycles. The summed E-state index contributed by atoms with van der Waals surface area (Å²) in [4.78, 5) is 11.9. The van der Waals surface area contributed by atoms with Crippen molar-refractivity contribution in [3.63, 3.8) is 0 Å². The smallest absolute Gasteiger partial charge is 0.244 e. The van der Waals surface area contributed by atoms with Gasteiger partial charge >= 0.3 is 0 Å². The Balaban J connectivity index is 1.80. The second-order valence-corrected chi connectivity index (χ2v) is 6.25. The first-order valence-corrected chi connectivity index (χ1v) is 8.71. The number of benzene rings is 2. The van der Waals surface area contributed by atoms with Gasteiger partial charge in [0.1, 0.15) is 18.5 Å². The summed E-state index contributed by atoms with van der Waals surface area (Å²) in [5.74, 6) is 0.313. The molecule has 0 aromatic heterocycles. The number of aliphatic hydroxyl groups excluding tert-OH is 2. The third-order valence-corrected chi connectivity index (χ3v) is 3.94. The lowest BCUT2D eigenvalue weighted by molar-refractivity contribution is -0.116. The Labute approximate surface area is 159 Å². The Morgan fingerprint density at radius 2 is 1.81 bits per heavy atom. The molecule has 2 aromatic carbocycles. The largest absolute Gasteiger partial charge is 0.491 e. The normalized spacial score (nSPS) is 13.1. The molecule has 0 aliphatic rings. The van der Waals surface area contributed by atoms with Crippen LogP contribution in [0.15, 0.2) is 72.8 Å². The predicted molar refractivity (Wildman–Crippen MR) is 106 cm³/mol. The highest BCUT2D eigenvalue weighted by molar-refractivity contribution is 5.91. The topological polar surface area (TPSA) is 78.8 Å². The van der Waals surface area contributed by atoms with Crippen LogP contribution in [0.1, 0.15) is 24.2 Å². The second-order valence-electron chi connectivity index (χ2n) is 6.25. The number of rotatable bonds is 9. The van der Waals surface area contributed by atoms with Crippen LogP contribution in [0.25, 0.3) is 6.08 Å². The number of hydrogen-bond donors (Lipinski definition) is 3. The highest BCUT2D eigenvalue weighted by Gasteiger charge is 2.10. The van der Waals surface area contributed by atoms with Crippen LogP contribution in [0.2, 0.25) is 0 Å². The Hall–Kier alpha value is -2.89. The van der Waals surface area contributed by atoms with Crippen molar-refractivity contribution in [2.75, 3.05) is 13.2 Å². The van der Waals surface area contributed by atoms with Crippen LogP contribution < -0.4 is 10.1 Å². The number of nitrogens with one attached hydrogen (secondary N) is 1. The number of amides is 1. The number of carbonyl (C=O) groups excluding carboxylic acids is 1. The van der Waals surface area contributed by atoms with E-state index in [1.54, 1.807) is 37.3 Å². The number of aliphatic hydroxyl groups is 2.